The van der Waals surface area contributed by atoms with E-state index in [-0.39, 0.29) is 11.3 Å². The van der Waals surface area contributed by atoms with Gasteiger partial charge < -0.3 is 10.1 Å². The van der Waals surface area contributed by atoms with Crippen LogP contribution in [0.2, 0.25) is 0 Å². The van der Waals surface area contributed by atoms with E-state index in [1.165, 1.54) is 30.5 Å². The summed E-state index contributed by atoms with van der Waals surface area (Å²) in [6.45, 7) is -2.98. The van der Waals surface area contributed by atoms with Crippen molar-refractivity contribution in [2.45, 2.75) is 6.61 Å². The van der Waals surface area contributed by atoms with E-state index in [0.717, 1.165) is 0 Å². The van der Waals surface area contributed by atoms with Crippen molar-refractivity contribution in [3.8, 4) is 5.75 Å². The lowest BCUT2D eigenvalue weighted by Gasteiger charge is -2.09. The number of halogens is 2. The number of carbonyl (C=O) groups excluding carboxylic acids is 1. The second-order valence-corrected chi connectivity index (χ2v) is 3.30. The Bertz CT molecular complexity index is 529. The normalized spacial score (nSPS) is 10.4. The van der Waals surface area contributed by atoms with E-state index in [2.05, 4.69) is 20.3 Å². The Hall–Kier alpha value is -2.44. The van der Waals surface area contributed by atoms with Gasteiger partial charge in [-0.3, -0.25) is 9.89 Å². The third-order valence-electron chi connectivity index (χ3n) is 2.10. The largest absolute Gasteiger partial charge is 0.434 e. The first kappa shape index (κ1) is 12.0. The molecule has 1 aromatic carbocycles. The van der Waals surface area contributed by atoms with Crippen molar-refractivity contribution < 1.29 is 18.3 Å². The Morgan fingerprint density at radius 3 is 2.78 bits per heavy atom. The lowest BCUT2D eigenvalue weighted by Crippen LogP contribution is -2.15. The summed E-state index contributed by atoms with van der Waals surface area (Å²) in [6.07, 6.45) is 1.46. The molecular weight excluding hydrogens is 244 g/mol. The number of alkyl halides is 2. The molecule has 1 aromatic heterocycles. The fourth-order valence-electron chi connectivity index (χ4n) is 1.37. The summed E-state index contributed by atoms with van der Waals surface area (Å²) in [5.74, 6) is -0.369. The zero-order chi connectivity index (χ0) is 13.0. The summed E-state index contributed by atoms with van der Waals surface area (Å²) in [7, 11) is 0. The van der Waals surface area contributed by atoms with Crippen LogP contribution in [0.3, 0.4) is 0 Å². The molecule has 0 aliphatic heterocycles. The Kier molecular flexibility index (Phi) is 3.52. The van der Waals surface area contributed by atoms with Crippen molar-refractivity contribution in [3.63, 3.8) is 0 Å². The Balaban J connectivity index is 2.19. The maximum Gasteiger partial charge on any atom is 0.387 e. The van der Waals surface area contributed by atoms with Crippen LogP contribution in [0, 0.1) is 0 Å². The van der Waals surface area contributed by atoms with Crippen LogP contribution < -0.4 is 10.1 Å². The predicted molar refractivity (Wildman–Crippen MR) is 59.6 cm³/mol. The zero-order valence-electron chi connectivity index (χ0n) is 9.06. The maximum atomic E-state index is 12.2. The van der Waals surface area contributed by atoms with Crippen LogP contribution in [-0.2, 0) is 0 Å². The van der Waals surface area contributed by atoms with Crippen LogP contribution in [0.4, 0.5) is 14.6 Å². The van der Waals surface area contributed by atoms with E-state index in [9.17, 15) is 13.6 Å². The molecule has 0 unspecified atom stereocenters. The lowest BCUT2D eigenvalue weighted by atomic mass is 10.2. The Morgan fingerprint density at radius 1 is 1.33 bits per heavy atom. The number of hydrogen-bond donors (Lipinski definition) is 2. The lowest BCUT2D eigenvalue weighted by molar-refractivity contribution is -0.0501. The van der Waals surface area contributed by atoms with Crippen molar-refractivity contribution in [1.82, 2.24) is 10.2 Å². The molecule has 18 heavy (non-hydrogen) atoms. The molecule has 0 saturated carbocycles. The van der Waals surface area contributed by atoms with E-state index in [1.54, 1.807) is 6.07 Å². The quantitative estimate of drug-likeness (QED) is 0.878. The molecule has 5 nitrogen and oxygen atoms in total. The minimum absolute atomic E-state index is 0.0207. The van der Waals surface area contributed by atoms with Crippen molar-refractivity contribution in [3.05, 3.63) is 42.1 Å². The van der Waals surface area contributed by atoms with E-state index < -0.39 is 12.5 Å². The number of anilines is 1. The van der Waals surface area contributed by atoms with Gasteiger partial charge >= 0.3 is 6.61 Å². The second kappa shape index (κ2) is 5.26. The molecule has 7 heteroatoms. The van der Waals surface area contributed by atoms with Crippen molar-refractivity contribution in [2.24, 2.45) is 0 Å². The molecular formula is C11H9F2N3O2. The van der Waals surface area contributed by atoms with E-state index in [0.29, 0.717) is 5.82 Å². The molecule has 2 aromatic rings. The van der Waals surface area contributed by atoms with Crippen LogP contribution in [0.1, 0.15) is 10.4 Å². The summed E-state index contributed by atoms with van der Waals surface area (Å²) in [5.41, 5.74) is 0.0207. The molecule has 0 radical (unpaired) electrons. The first-order valence-corrected chi connectivity index (χ1v) is 5.01. The van der Waals surface area contributed by atoms with Crippen molar-refractivity contribution in [2.75, 3.05) is 5.32 Å². The molecule has 0 saturated heterocycles. The summed E-state index contributed by atoms with van der Waals surface area (Å²) >= 11 is 0. The summed E-state index contributed by atoms with van der Waals surface area (Å²) in [4.78, 5) is 11.8. The third kappa shape index (κ3) is 2.82. The minimum atomic E-state index is -2.98. The summed E-state index contributed by atoms with van der Waals surface area (Å²) < 4.78 is 28.6. The fraction of sp³-hybridized carbons (Fsp3) is 0.0909. The molecule has 0 aliphatic rings. The van der Waals surface area contributed by atoms with E-state index in [4.69, 9.17) is 0 Å². The molecule has 0 fully saturated rings. The van der Waals surface area contributed by atoms with Gasteiger partial charge in [0.2, 0.25) is 0 Å². The number of nitrogens with zero attached hydrogens (tertiary/aromatic N) is 1. The van der Waals surface area contributed by atoms with Crippen LogP contribution in [-0.4, -0.2) is 22.7 Å². The number of aromatic nitrogens is 2. The SMILES string of the molecule is O=C(Nc1ccn[nH]1)c1ccccc1OC(F)F. The molecule has 0 spiro atoms. The van der Waals surface area contributed by atoms with Crippen LogP contribution in [0.15, 0.2) is 36.5 Å². The number of nitrogens with one attached hydrogen (secondary N) is 2. The van der Waals surface area contributed by atoms with Gasteiger partial charge in [-0.25, -0.2) is 0 Å². The molecule has 2 rings (SSSR count). The smallest absolute Gasteiger partial charge is 0.387 e. The van der Waals surface area contributed by atoms with Crippen LogP contribution in [0.25, 0.3) is 0 Å². The monoisotopic (exact) mass is 253 g/mol. The topological polar surface area (TPSA) is 67.0 Å². The van der Waals surface area contributed by atoms with E-state index >= 15 is 0 Å². The first-order chi connectivity index (χ1) is 8.66. The Morgan fingerprint density at radius 2 is 2.11 bits per heavy atom. The summed E-state index contributed by atoms with van der Waals surface area (Å²) in [5, 5.41) is 8.65. The molecule has 0 bridgehead atoms. The number of carbonyl (C=O) groups is 1. The highest BCUT2D eigenvalue weighted by atomic mass is 19.3. The number of hydrogen-bond acceptors (Lipinski definition) is 3. The van der Waals surface area contributed by atoms with Gasteiger partial charge in [-0.05, 0) is 12.1 Å². The number of aromatic amines is 1. The summed E-state index contributed by atoms with van der Waals surface area (Å²) in [6, 6.07) is 7.29. The standard InChI is InChI=1S/C11H9F2N3O2/c12-11(13)18-8-4-2-1-3-7(8)10(17)15-9-5-6-14-16-9/h1-6,11H,(H2,14,15,16,17). The number of amides is 1. The minimum Gasteiger partial charge on any atom is -0.434 e. The van der Waals surface area contributed by atoms with E-state index in [1.807, 2.05) is 0 Å². The van der Waals surface area contributed by atoms with Crippen molar-refractivity contribution in [1.29, 1.82) is 0 Å². The maximum absolute atomic E-state index is 12.2. The average molecular weight is 253 g/mol. The average Bonchev–Trinajstić information content (AvgIpc) is 2.81. The highest BCUT2D eigenvalue weighted by molar-refractivity contribution is 6.05. The molecule has 0 aliphatic carbocycles. The van der Waals surface area contributed by atoms with Gasteiger partial charge in [-0.15, -0.1) is 0 Å². The highest BCUT2D eigenvalue weighted by Crippen LogP contribution is 2.21. The fourth-order valence-corrected chi connectivity index (χ4v) is 1.37. The zero-order valence-corrected chi connectivity index (χ0v) is 9.06. The highest BCUT2D eigenvalue weighted by Gasteiger charge is 2.15. The van der Waals surface area contributed by atoms with Crippen molar-refractivity contribution >= 4 is 11.7 Å². The first-order valence-electron chi connectivity index (χ1n) is 5.01. The van der Waals surface area contributed by atoms with Gasteiger partial charge in [0, 0.05) is 6.07 Å². The van der Waals surface area contributed by atoms with Gasteiger partial charge in [-0.2, -0.15) is 13.9 Å². The molecule has 1 amide bonds. The molecule has 94 valence electrons. The van der Waals surface area contributed by atoms with Gasteiger partial charge in [0.1, 0.15) is 11.6 Å². The number of benzene rings is 1. The van der Waals surface area contributed by atoms with Crippen LogP contribution >= 0.6 is 0 Å². The number of H-pyrrole nitrogens is 1. The molecule has 2 N–H and O–H groups in total. The van der Waals surface area contributed by atoms with Gasteiger partial charge in [0.05, 0.1) is 11.8 Å². The molecule has 1 heterocycles. The van der Waals surface area contributed by atoms with Gasteiger partial charge in [0.25, 0.3) is 5.91 Å². The number of ether oxygens (including phenoxy) is 1. The Labute approximate surface area is 101 Å². The van der Waals surface area contributed by atoms with Gasteiger partial charge in [-0.1, -0.05) is 12.1 Å². The van der Waals surface area contributed by atoms with Gasteiger partial charge in [0.15, 0.2) is 0 Å². The third-order valence-corrected chi connectivity index (χ3v) is 2.10. The molecule has 0 atom stereocenters. The van der Waals surface area contributed by atoms with Crippen LogP contribution in [0.5, 0.6) is 5.75 Å². The predicted octanol–water partition coefficient (Wildman–Crippen LogP) is 2.26. The second-order valence-electron chi connectivity index (χ2n) is 3.30. The number of para-hydroxylation sites is 1. The number of rotatable bonds is 4.